The summed E-state index contributed by atoms with van der Waals surface area (Å²) in [7, 11) is 0. The number of carbonyl (C=O) groups excluding carboxylic acids is 1. The van der Waals surface area contributed by atoms with Crippen molar-refractivity contribution in [3.8, 4) is 11.8 Å². The smallest absolute Gasteiger partial charge is 0.163 e. The molecule has 3 nitrogen and oxygen atoms in total. The lowest BCUT2D eigenvalue weighted by molar-refractivity contribution is 0.101. The summed E-state index contributed by atoms with van der Waals surface area (Å²) in [6.07, 6.45) is 0. The summed E-state index contributed by atoms with van der Waals surface area (Å²) in [4.78, 5) is 11.2. The van der Waals surface area contributed by atoms with Gasteiger partial charge >= 0.3 is 0 Å². The van der Waals surface area contributed by atoms with Gasteiger partial charge in [0.25, 0.3) is 0 Å². The molecule has 0 aliphatic heterocycles. The number of Topliss-reactive ketones (excluding diaryl/α,β-unsaturated/α-hetero) is 1. The minimum atomic E-state index is -0.703. The molecule has 0 aromatic heterocycles. The summed E-state index contributed by atoms with van der Waals surface area (Å²) >= 11 is 0. The topological polar surface area (TPSA) is 50.1 Å². The summed E-state index contributed by atoms with van der Waals surface area (Å²) in [5.74, 6) is -0.740. The van der Waals surface area contributed by atoms with Gasteiger partial charge in [-0.25, -0.2) is 4.39 Å². The standard InChI is InChI=1S/C11H10FNO2/c1-3-15-11-4-8(6-13)10(12)5-9(11)7(2)14/h4-5H,3H2,1-2H3. The van der Waals surface area contributed by atoms with Crippen LogP contribution in [0.2, 0.25) is 0 Å². The lowest BCUT2D eigenvalue weighted by atomic mass is 10.1. The third-order valence-electron chi connectivity index (χ3n) is 1.87. The fourth-order valence-corrected chi connectivity index (χ4v) is 1.19. The molecular weight excluding hydrogens is 197 g/mol. The molecule has 0 bridgehead atoms. The normalized spacial score (nSPS) is 9.47. The third kappa shape index (κ3) is 2.32. The molecular formula is C11H10FNO2. The maximum absolute atomic E-state index is 13.2. The number of nitrogens with zero attached hydrogens (tertiary/aromatic N) is 1. The van der Waals surface area contributed by atoms with Crippen LogP contribution < -0.4 is 4.74 Å². The van der Waals surface area contributed by atoms with Crippen LogP contribution in [0.15, 0.2) is 12.1 Å². The molecule has 0 aliphatic rings. The molecule has 1 aromatic rings. The van der Waals surface area contributed by atoms with Crippen molar-refractivity contribution in [3.05, 3.63) is 29.1 Å². The molecule has 78 valence electrons. The number of ether oxygens (including phenoxy) is 1. The van der Waals surface area contributed by atoms with E-state index in [1.807, 2.05) is 0 Å². The molecule has 4 heteroatoms. The van der Waals surface area contributed by atoms with Crippen molar-refractivity contribution in [2.24, 2.45) is 0 Å². The number of nitriles is 1. The highest BCUT2D eigenvalue weighted by molar-refractivity contribution is 5.97. The van der Waals surface area contributed by atoms with Gasteiger partial charge in [0.2, 0.25) is 0 Å². The molecule has 1 rings (SSSR count). The highest BCUT2D eigenvalue weighted by Gasteiger charge is 2.13. The van der Waals surface area contributed by atoms with E-state index in [4.69, 9.17) is 10.00 Å². The summed E-state index contributed by atoms with van der Waals surface area (Å²) in [5.41, 5.74) is 0.0387. The van der Waals surface area contributed by atoms with Crippen molar-refractivity contribution in [2.75, 3.05) is 6.61 Å². The zero-order chi connectivity index (χ0) is 11.4. The van der Waals surface area contributed by atoms with Crippen molar-refractivity contribution < 1.29 is 13.9 Å². The molecule has 0 amide bonds. The quantitative estimate of drug-likeness (QED) is 0.714. The molecule has 0 radical (unpaired) electrons. The minimum absolute atomic E-state index is 0.122. The fourth-order valence-electron chi connectivity index (χ4n) is 1.19. The van der Waals surface area contributed by atoms with Crippen LogP contribution in [0.4, 0.5) is 4.39 Å². The molecule has 0 saturated carbocycles. The minimum Gasteiger partial charge on any atom is -0.493 e. The summed E-state index contributed by atoms with van der Waals surface area (Å²) in [6.45, 7) is 3.43. The predicted molar refractivity (Wildman–Crippen MR) is 52.3 cm³/mol. The first-order valence-corrected chi connectivity index (χ1v) is 4.47. The first-order valence-electron chi connectivity index (χ1n) is 4.47. The Labute approximate surface area is 87.1 Å². The highest BCUT2D eigenvalue weighted by atomic mass is 19.1. The third-order valence-corrected chi connectivity index (χ3v) is 1.87. The lowest BCUT2D eigenvalue weighted by Gasteiger charge is -2.08. The van der Waals surface area contributed by atoms with E-state index >= 15 is 0 Å². The molecule has 0 heterocycles. The van der Waals surface area contributed by atoms with Crippen LogP contribution in [0, 0.1) is 17.1 Å². The van der Waals surface area contributed by atoms with Crippen LogP contribution in [-0.2, 0) is 0 Å². The summed E-state index contributed by atoms with van der Waals surface area (Å²) in [5, 5.41) is 8.61. The number of halogens is 1. The van der Waals surface area contributed by atoms with Gasteiger partial charge in [-0.3, -0.25) is 4.79 Å². The van der Waals surface area contributed by atoms with Gasteiger partial charge in [-0.05, 0) is 19.9 Å². The molecule has 0 fully saturated rings. The maximum atomic E-state index is 13.2. The van der Waals surface area contributed by atoms with Crippen LogP contribution in [0.1, 0.15) is 29.8 Å². The Balaban J connectivity index is 3.33. The van der Waals surface area contributed by atoms with Crippen molar-refractivity contribution in [1.29, 1.82) is 5.26 Å². The van der Waals surface area contributed by atoms with Crippen molar-refractivity contribution in [3.63, 3.8) is 0 Å². The molecule has 1 aromatic carbocycles. The van der Waals surface area contributed by atoms with Crippen LogP contribution in [-0.4, -0.2) is 12.4 Å². The Hall–Kier alpha value is -1.89. The van der Waals surface area contributed by atoms with Crippen molar-refractivity contribution >= 4 is 5.78 Å². The molecule has 0 aliphatic carbocycles. The van der Waals surface area contributed by atoms with Crippen molar-refractivity contribution in [2.45, 2.75) is 13.8 Å². The molecule has 15 heavy (non-hydrogen) atoms. The second kappa shape index (κ2) is 4.56. The number of hydrogen-bond donors (Lipinski definition) is 0. The van der Waals surface area contributed by atoms with Crippen LogP contribution >= 0.6 is 0 Å². The largest absolute Gasteiger partial charge is 0.493 e. The molecule has 0 spiro atoms. The zero-order valence-corrected chi connectivity index (χ0v) is 8.50. The van der Waals surface area contributed by atoms with Gasteiger partial charge in [0.1, 0.15) is 17.6 Å². The second-order valence-corrected chi connectivity index (χ2v) is 2.93. The number of ketones is 1. The van der Waals surface area contributed by atoms with Crippen LogP contribution in [0.5, 0.6) is 5.75 Å². The van der Waals surface area contributed by atoms with E-state index in [1.165, 1.54) is 13.0 Å². The SMILES string of the molecule is CCOc1cc(C#N)c(F)cc1C(C)=O. The van der Waals surface area contributed by atoms with Gasteiger partial charge in [0, 0.05) is 6.07 Å². The monoisotopic (exact) mass is 207 g/mol. The Morgan fingerprint density at radius 3 is 2.73 bits per heavy atom. The van der Waals surface area contributed by atoms with E-state index in [-0.39, 0.29) is 22.7 Å². The Morgan fingerprint density at radius 1 is 1.60 bits per heavy atom. The fraction of sp³-hybridized carbons (Fsp3) is 0.273. The van der Waals surface area contributed by atoms with E-state index < -0.39 is 5.82 Å². The highest BCUT2D eigenvalue weighted by Crippen LogP contribution is 2.23. The van der Waals surface area contributed by atoms with E-state index in [0.717, 1.165) is 6.07 Å². The first kappa shape index (κ1) is 11.2. The van der Waals surface area contributed by atoms with Gasteiger partial charge in [0.15, 0.2) is 5.78 Å². The number of carbonyl (C=O) groups is 1. The Bertz CT molecular complexity index is 435. The molecule has 0 atom stereocenters. The summed E-state index contributed by atoms with van der Waals surface area (Å²) < 4.78 is 18.4. The van der Waals surface area contributed by atoms with Gasteiger partial charge in [-0.15, -0.1) is 0 Å². The number of rotatable bonds is 3. The lowest BCUT2D eigenvalue weighted by Crippen LogP contribution is -2.02. The van der Waals surface area contributed by atoms with Gasteiger partial charge in [-0.1, -0.05) is 0 Å². The average molecular weight is 207 g/mol. The van der Waals surface area contributed by atoms with Crippen molar-refractivity contribution in [1.82, 2.24) is 0 Å². The summed E-state index contributed by atoms with van der Waals surface area (Å²) in [6, 6.07) is 3.97. The van der Waals surface area contributed by atoms with Gasteiger partial charge < -0.3 is 4.74 Å². The van der Waals surface area contributed by atoms with Gasteiger partial charge in [-0.2, -0.15) is 5.26 Å². The van der Waals surface area contributed by atoms with Crippen LogP contribution in [0.3, 0.4) is 0 Å². The van der Waals surface area contributed by atoms with E-state index in [2.05, 4.69) is 0 Å². The Kier molecular flexibility index (Phi) is 3.40. The molecule has 0 N–H and O–H groups in total. The molecule has 0 saturated heterocycles. The van der Waals surface area contributed by atoms with E-state index in [9.17, 15) is 9.18 Å². The van der Waals surface area contributed by atoms with E-state index in [1.54, 1.807) is 13.0 Å². The predicted octanol–water partition coefficient (Wildman–Crippen LogP) is 2.30. The average Bonchev–Trinajstić information content (AvgIpc) is 2.20. The maximum Gasteiger partial charge on any atom is 0.163 e. The Morgan fingerprint density at radius 2 is 2.27 bits per heavy atom. The van der Waals surface area contributed by atoms with Gasteiger partial charge in [0.05, 0.1) is 17.7 Å². The number of hydrogen-bond acceptors (Lipinski definition) is 3. The second-order valence-electron chi connectivity index (χ2n) is 2.93. The zero-order valence-electron chi connectivity index (χ0n) is 8.50. The molecule has 0 unspecified atom stereocenters. The van der Waals surface area contributed by atoms with Crippen LogP contribution in [0.25, 0.3) is 0 Å². The number of benzene rings is 1. The van der Waals surface area contributed by atoms with E-state index in [0.29, 0.717) is 6.61 Å². The first-order chi connectivity index (χ1) is 7.10.